The highest BCUT2D eigenvalue weighted by atomic mass is 32.2. The van der Waals surface area contributed by atoms with Crippen molar-refractivity contribution in [3.8, 4) is 0 Å². The number of rotatable bonds is 5. The molecule has 1 amide bonds. The van der Waals surface area contributed by atoms with Crippen LogP contribution in [0.25, 0.3) is 0 Å². The maximum Gasteiger partial charge on any atom is 0.223 e. The van der Waals surface area contributed by atoms with Crippen LogP contribution in [0.15, 0.2) is 0 Å². The van der Waals surface area contributed by atoms with Crippen LogP contribution in [-0.4, -0.2) is 75.4 Å². The normalized spacial score (nSPS) is 25.4. The summed E-state index contributed by atoms with van der Waals surface area (Å²) in [6, 6.07) is 0. The molecule has 1 saturated carbocycles. The first kappa shape index (κ1) is 16.2. The van der Waals surface area contributed by atoms with Gasteiger partial charge in [0, 0.05) is 44.3 Å². The minimum atomic E-state index is -3.13. The van der Waals surface area contributed by atoms with Gasteiger partial charge < -0.3 is 4.90 Å². The van der Waals surface area contributed by atoms with Crippen molar-refractivity contribution in [2.75, 3.05) is 38.2 Å². The first-order chi connectivity index (χ1) is 10.1. The molecule has 2 heterocycles. The Kier molecular flexibility index (Phi) is 3.81. The molecule has 1 aliphatic carbocycles. The zero-order valence-electron chi connectivity index (χ0n) is 12.7. The molecule has 0 aromatic rings. The molecule has 0 aromatic carbocycles. The fourth-order valence-corrected chi connectivity index (χ4v) is 5.82. The lowest BCUT2D eigenvalue weighted by molar-refractivity contribution is -0.142. The third kappa shape index (κ3) is 3.16. The zero-order chi connectivity index (χ0) is 16.2. The molecule has 0 aromatic heterocycles. The van der Waals surface area contributed by atoms with Gasteiger partial charge in [-0.2, -0.15) is 0 Å². The van der Waals surface area contributed by atoms with Gasteiger partial charge >= 0.3 is 0 Å². The van der Waals surface area contributed by atoms with E-state index in [0.717, 1.165) is 25.5 Å². The van der Waals surface area contributed by atoms with E-state index in [0.29, 0.717) is 26.2 Å². The Morgan fingerprint density at radius 1 is 1.14 bits per heavy atom. The monoisotopic (exact) mass is 350 g/mol. The first-order valence-corrected chi connectivity index (χ1v) is 11.1. The molecule has 3 fully saturated rings. The standard InChI is InChI=1S/C13H22N2O5S2/c1-21(17,18)7-4-12(16)14-8-13(9-14)5-6-15(10-13)22(19,20)11-2-3-11/h11H,2-10H2,1H3. The molecule has 0 bridgehead atoms. The second-order valence-electron chi connectivity index (χ2n) is 6.96. The van der Waals surface area contributed by atoms with Crippen molar-refractivity contribution in [3.05, 3.63) is 0 Å². The average molecular weight is 350 g/mol. The molecule has 126 valence electrons. The van der Waals surface area contributed by atoms with Crippen LogP contribution in [0.3, 0.4) is 0 Å². The maximum atomic E-state index is 12.2. The maximum absolute atomic E-state index is 12.2. The smallest absolute Gasteiger partial charge is 0.223 e. The summed E-state index contributed by atoms with van der Waals surface area (Å²) in [4.78, 5) is 13.6. The Morgan fingerprint density at radius 3 is 2.32 bits per heavy atom. The van der Waals surface area contributed by atoms with Crippen LogP contribution in [0.4, 0.5) is 0 Å². The number of likely N-dealkylation sites (tertiary alicyclic amines) is 1. The van der Waals surface area contributed by atoms with Crippen molar-refractivity contribution in [2.24, 2.45) is 5.41 Å². The lowest BCUT2D eigenvalue weighted by Gasteiger charge is -2.48. The van der Waals surface area contributed by atoms with E-state index in [1.54, 1.807) is 9.21 Å². The summed E-state index contributed by atoms with van der Waals surface area (Å²) in [5, 5.41) is -0.185. The molecule has 0 N–H and O–H groups in total. The summed E-state index contributed by atoms with van der Waals surface area (Å²) in [7, 11) is -6.26. The Hall–Kier alpha value is -0.670. The van der Waals surface area contributed by atoms with Gasteiger partial charge in [0.05, 0.1) is 11.0 Å². The van der Waals surface area contributed by atoms with Crippen LogP contribution in [0.1, 0.15) is 25.7 Å². The molecule has 22 heavy (non-hydrogen) atoms. The van der Waals surface area contributed by atoms with Gasteiger partial charge in [-0.05, 0) is 19.3 Å². The molecule has 9 heteroatoms. The largest absolute Gasteiger partial charge is 0.341 e. The van der Waals surface area contributed by atoms with E-state index in [-0.39, 0.29) is 28.7 Å². The Labute approximate surface area is 131 Å². The summed E-state index contributed by atoms with van der Waals surface area (Å²) in [6.45, 7) is 2.14. The highest BCUT2D eigenvalue weighted by Crippen LogP contribution is 2.43. The summed E-state index contributed by atoms with van der Waals surface area (Å²) >= 11 is 0. The molecular weight excluding hydrogens is 328 g/mol. The van der Waals surface area contributed by atoms with Crippen LogP contribution in [0.5, 0.6) is 0 Å². The molecule has 3 aliphatic rings. The van der Waals surface area contributed by atoms with Gasteiger partial charge in [0.2, 0.25) is 15.9 Å². The van der Waals surface area contributed by atoms with Crippen LogP contribution < -0.4 is 0 Å². The number of sulfone groups is 1. The van der Waals surface area contributed by atoms with Crippen molar-refractivity contribution in [1.82, 2.24) is 9.21 Å². The van der Waals surface area contributed by atoms with Crippen molar-refractivity contribution in [2.45, 2.75) is 30.9 Å². The number of sulfonamides is 1. The minimum absolute atomic E-state index is 0.0129. The SMILES string of the molecule is CS(=O)(=O)CCC(=O)N1CC2(CCN(S(=O)(=O)C3CC3)C2)C1. The summed E-state index contributed by atoms with van der Waals surface area (Å²) in [5.41, 5.74) is -0.108. The zero-order valence-corrected chi connectivity index (χ0v) is 14.3. The number of carbonyl (C=O) groups excluding carboxylic acids is 1. The van der Waals surface area contributed by atoms with Crippen molar-refractivity contribution in [3.63, 3.8) is 0 Å². The lowest BCUT2D eigenvalue weighted by atomic mass is 9.79. The molecule has 0 atom stereocenters. The number of carbonyl (C=O) groups is 1. The molecule has 1 spiro atoms. The predicted molar refractivity (Wildman–Crippen MR) is 81.5 cm³/mol. The highest BCUT2D eigenvalue weighted by molar-refractivity contribution is 7.90. The third-order valence-electron chi connectivity index (χ3n) is 4.80. The molecule has 2 saturated heterocycles. The van der Waals surface area contributed by atoms with E-state index in [4.69, 9.17) is 0 Å². The van der Waals surface area contributed by atoms with E-state index in [1.807, 2.05) is 0 Å². The van der Waals surface area contributed by atoms with Gasteiger partial charge in [0.1, 0.15) is 9.84 Å². The first-order valence-electron chi connectivity index (χ1n) is 7.56. The van der Waals surface area contributed by atoms with Crippen molar-refractivity contribution >= 4 is 25.8 Å². The fraction of sp³-hybridized carbons (Fsp3) is 0.923. The van der Waals surface area contributed by atoms with Gasteiger partial charge in [0.25, 0.3) is 0 Å². The molecule has 0 unspecified atom stereocenters. The van der Waals surface area contributed by atoms with E-state index >= 15 is 0 Å². The topological polar surface area (TPSA) is 91.8 Å². The minimum Gasteiger partial charge on any atom is -0.341 e. The number of hydrogen-bond donors (Lipinski definition) is 0. The van der Waals surface area contributed by atoms with Gasteiger partial charge in [-0.1, -0.05) is 0 Å². The van der Waals surface area contributed by atoms with Gasteiger partial charge in [0.15, 0.2) is 0 Å². The molecule has 2 aliphatic heterocycles. The molecule has 7 nitrogen and oxygen atoms in total. The van der Waals surface area contributed by atoms with Crippen LogP contribution >= 0.6 is 0 Å². The van der Waals surface area contributed by atoms with Gasteiger partial charge in [-0.15, -0.1) is 0 Å². The van der Waals surface area contributed by atoms with Crippen LogP contribution in [-0.2, 0) is 24.7 Å². The Balaban J connectivity index is 1.52. The second kappa shape index (κ2) is 5.17. The molecular formula is C13H22N2O5S2. The van der Waals surface area contributed by atoms with E-state index in [1.165, 1.54) is 0 Å². The van der Waals surface area contributed by atoms with E-state index < -0.39 is 19.9 Å². The second-order valence-corrected chi connectivity index (χ2v) is 11.4. The number of nitrogens with zero attached hydrogens (tertiary/aromatic N) is 2. The van der Waals surface area contributed by atoms with Crippen molar-refractivity contribution in [1.29, 1.82) is 0 Å². The number of amides is 1. The number of hydrogen-bond acceptors (Lipinski definition) is 5. The lowest BCUT2D eigenvalue weighted by Crippen LogP contribution is -2.59. The average Bonchev–Trinajstić information content (AvgIpc) is 3.12. The van der Waals surface area contributed by atoms with E-state index in [9.17, 15) is 21.6 Å². The van der Waals surface area contributed by atoms with Crippen LogP contribution in [0.2, 0.25) is 0 Å². The van der Waals surface area contributed by atoms with E-state index in [2.05, 4.69) is 0 Å². The predicted octanol–water partition coefficient (Wildman–Crippen LogP) is -0.552. The molecule has 0 radical (unpaired) electrons. The Morgan fingerprint density at radius 2 is 1.77 bits per heavy atom. The summed E-state index contributed by atoms with van der Waals surface area (Å²) in [5.74, 6) is -0.281. The van der Waals surface area contributed by atoms with Gasteiger partial charge in [-0.3, -0.25) is 4.79 Å². The van der Waals surface area contributed by atoms with Crippen LogP contribution in [0, 0.1) is 5.41 Å². The summed E-state index contributed by atoms with van der Waals surface area (Å²) < 4.78 is 48.2. The quantitative estimate of drug-likeness (QED) is 0.663. The summed E-state index contributed by atoms with van der Waals surface area (Å²) in [6.07, 6.45) is 3.45. The highest BCUT2D eigenvalue weighted by Gasteiger charge is 2.53. The van der Waals surface area contributed by atoms with Gasteiger partial charge in [-0.25, -0.2) is 21.1 Å². The molecule has 3 rings (SSSR count). The van der Waals surface area contributed by atoms with Crippen molar-refractivity contribution < 1.29 is 21.6 Å². The Bertz CT molecular complexity index is 675. The fourth-order valence-electron chi connectivity index (χ4n) is 3.32. The third-order valence-corrected chi connectivity index (χ3v) is 8.09.